The maximum atomic E-state index is 14.0. The number of halogens is 10. The quantitative estimate of drug-likeness (QED) is 0.133. The molecule has 4 rings (SSSR count). The maximum Gasteiger partial charge on any atom is 0.417 e. The van der Waals surface area contributed by atoms with Crippen LogP contribution >= 0.6 is 15.9 Å². The average molecular weight is 523 g/mol. The average Bonchev–Trinajstić information content (AvgIpc) is 2.68. The van der Waals surface area contributed by atoms with Gasteiger partial charge in [0.25, 0.3) is 0 Å². The minimum atomic E-state index is -5.10. The van der Waals surface area contributed by atoms with Gasteiger partial charge in [0.15, 0.2) is 17.5 Å². The van der Waals surface area contributed by atoms with Crippen LogP contribution in [0.3, 0.4) is 0 Å². The molecule has 0 bridgehead atoms. The number of fused-ring (bicyclic) bond motifs is 3. The fraction of sp³-hybridized carbons (Fsp3) is 0.0909. The van der Waals surface area contributed by atoms with Crippen molar-refractivity contribution < 1.29 is 39.5 Å². The lowest BCUT2D eigenvalue weighted by Gasteiger charge is -2.19. The van der Waals surface area contributed by atoms with Gasteiger partial charge in [0, 0.05) is 15.2 Å². The predicted molar refractivity (Wildman–Crippen MR) is 104 cm³/mol. The normalized spacial score (nSPS) is 12.7. The highest BCUT2D eigenvalue weighted by Crippen LogP contribution is 2.45. The van der Waals surface area contributed by atoms with E-state index >= 15 is 0 Å². The van der Waals surface area contributed by atoms with Gasteiger partial charge in [-0.05, 0) is 58.3 Å². The van der Waals surface area contributed by atoms with Gasteiger partial charge < -0.3 is 0 Å². The minimum Gasteiger partial charge on any atom is -0.204 e. The Hall–Kier alpha value is -2.75. The Morgan fingerprint density at radius 1 is 0.562 bits per heavy atom. The van der Waals surface area contributed by atoms with E-state index in [1.54, 1.807) is 0 Å². The summed E-state index contributed by atoms with van der Waals surface area (Å²) in [4.78, 5) is 0. The first kappa shape index (κ1) is 22.4. The van der Waals surface area contributed by atoms with Crippen LogP contribution < -0.4 is 0 Å². The molecule has 4 aromatic rings. The van der Waals surface area contributed by atoms with E-state index in [1.165, 1.54) is 18.2 Å². The van der Waals surface area contributed by atoms with E-state index in [4.69, 9.17) is 0 Å². The summed E-state index contributed by atoms with van der Waals surface area (Å²) in [5.74, 6) is -5.02. The minimum absolute atomic E-state index is 0.0270. The second kappa shape index (κ2) is 7.40. The van der Waals surface area contributed by atoms with Crippen LogP contribution in [0.4, 0.5) is 39.5 Å². The van der Waals surface area contributed by atoms with Crippen molar-refractivity contribution in [2.75, 3.05) is 0 Å². The lowest BCUT2D eigenvalue weighted by Crippen LogP contribution is -2.10. The van der Waals surface area contributed by atoms with Gasteiger partial charge >= 0.3 is 12.4 Å². The van der Waals surface area contributed by atoms with Crippen molar-refractivity contribution in [3.05, 3.63) is 81.6 Å². The largest absolute Gasteiger partial charge is 0.417 e. The highest BCUT2D eigenvalue weighted by Gasteiger charge is 2.38. The second-order valence-electron chi connectivity index (χ2n) is 6.99. The molecule has 0 fully saturated rings. The summed E-state index contributed by atoms with van der Waals surface area (Å²) in [6.45, 7) is 0. The number of hydrogen-bond acceptors (Lipinski definition) is 0. The Kier molecular flexibility index (Phi) is 5.19. The highest BCUT2D eigenvalue weighted by atomic mass is 79.9. The van der Waals surface area contributed by atoms with Crippen LogP contribution in [-0.4, -0.2) is 0 Å². The number of benzene rings is 4. The zero-order valence-electron chi connectivity index (χ0n) is 15.4. The van der Waals surface area contributed by atoms with E-state index < -0.39 is 57.3 Å². The first-order chi connectivity index (χ1) is 14.8. The number of rotatable bonds is 1. The SMILES string of the molecule is Fc1cc(-c2cc(C(F)(F)F)c3c(ccc4cc(Br)cc(C(F)(F)F)c43)c2)cc(F)c1F. The van der Waals surface area contributed by atoms with Gasteiger partial charge in [-0.25, -0.2) is 13.2 Å². The molecule has 0 aromatic heterocycles. The van der Waals surface area contributed by atoms with Crippen LogP contribution in [0.1, 0.15) is 11.1 Å². The molecule has 166 valence electrons. The third kappa shape index (κ3) is 3.80. The summed E-state index contributed by atoms with van der Waals surface area (Å²) in [5, 5.41) is -1.69. The topological polar surface area (TPSA) is 0 Å². The van der Waals surface area contributed by atoms with Crippen molar-refractivity contribution in [3.63, 3.8) is 0 Å². The second-order valence-corrected chi connectivity index (χ2v) is 7.90. The summed E-state index contributed by atoms with van der Waals surface area (Å²) in [6.07, 6.45) is -10.1. The van der Waals surface area contributed by atoms with E-state index in [1.807, 2.05) is 0 Å². The van der Waals surface area contributed by atoms with Gasteiger partial charge in [0.1, 0.15) is 0 Å². The summed E-state index contributed by atoms with van der Waals surface area (Å²) >= 11 is 2.94. The third-order valence-electron chi connectivity index (χ3n) is 4.92. The Labute approximate surface area is 182 Å². The zero-order chi connectivity index (χ0) is 23.6. The molecule has 32 heavy (non-hydrogen) atoms. The van der Waals surface area contributed by atoms with Gasteiger partial charge in [-0.3, -0.25) is 0 Å². The van der Waals surface area contributed by atoms with Crippen molar-refractivity contribution in [3.8, 4) is 11.1 Å². The molecule has 0 atom stereocenters. The molecule has 0 aliphatic carbocycles. The Morgan fingerprint density at radius 3 is 1.50 bits per heavy atom. The molecule has 0 saturated carbocycles. The van der Waals surface area contributed by atoms with Crippen molar-refractivity contribution >= 4 is 37.5 Å². The molecule has 10 heteroatoms. The zero-order valence-corrected chi connectivity index (χ0v) is 17.0. The van der Waals surface area contributed by atoms with E-state index in [-0.39, 0.29) is 20.8 Å². The van der Waals surface area contributed by atoms with Crippen molar-refractivity contribution in [1.82, 2.24) is 0 Å². The lowest BCUT2D eigenvalue weighted by atomic mass is 9.90. The smallest absolute Gasteiger partial charge is 0.204 e. The van der Waals surface area contributed by atoms with Crippen molar-refractivity contribution in [2.45, 2.75) is 12.4 Å². The van der Waals surface area contributed by atoms with Crippen LogP contribution in [0.2, 0.25) is 0 Å². The van der Waals surface area contributed by atoms with Gasteiger partial charge in [-0.1, -0.05) is 28.1 Å². The molecule has 4 aromatic carbocycles. The molecule has 0 unspecified atom stereocenters. The molecular weight excluding hydrogens is 515 g/mol. The maximum absolute atomic E-state index is 14.0. The van der Waals surface area contributed by atoms with Crippen LogP contribution in [0, 0.1) is 17.5 Å². The predicted octanol–water partition coefficient (Wildman–Crippen LogP) is 8.88. The fourth-order valence-corrected chi connectivity index (χ4v) is 4.10. The van der Waals surface area contributed by atoms with E-state index in [0.717, 1.165) is 6.07 Å². The van der Waals surface area contributed by atoms with Crippen molar-refractivity contribution in [1.29, 1.82) is 0 Å². The molecule has 0 saturated heterocycles. The molecule has 0 aliphatic heterocycles. The molecule has 0 aliphatic rings. The molecule has 0 N–H and O–H groups in total. The van der Waals surface area contributed by atoms with Crippen LogP contribution in [-0.2, 0) is 12.4 Å². The van der Waals surface area contributed by atoms with Gasteiger partial charge in [-0.2, -0.15) is 26.3 Å². The third-order valence-corrected chi connectivity index (χ3v) is 5.38. The van der Waals surface area contributed by atoms with E-state index in [0.29, 0.717) is 24.3 Å². The lowest BCUT2D eigenvalue weighted by molar-refractivity contribution is -0.138. The summed E-state index contributed by atoms with van der Waals surface area (Å²) in [5.41, 5.74) is -3.44. The van der Waals surface area contributed by atoms with Gasteiger partial charge in [-0.15, -0.1) is 0 Å². The Balaban J connectivity index is 2.18. The number of hydrogen-bond donors (Lipinski definition) is 0. The monoisotopic (exact) mass is 522 g/mol. The van der Waals surface area contributed by atoms with E-state index in [9.17, 15) is 39.5 Å². The van der Waals surface area contributed by atoms with Crippen molar-refractivity contribution in [2.24, 2.45) is 0 Å². The summed E-state index contributed by atoms with van der Waals surface area (Å²) in [6, 6.07) is 6.92. The van der Waals surface area contributed by atoms with Crippen LogP contribution in [0.5, 0.6) is 0 Å². The van der Waals surface area contributed by atoms with Crippen LogP contribution in [0.25, 0.3) is 32.7 Å². The highest BCUT2D eigenvalue weighted by molar-refractivity contribution is 9.10. The van der Waals surface area contributed by atoms with Gasteiger partial charge in [0.05, 0.1) is 11.1 Å². The molecule has 0 radical (unpaired) electrons. The Bertz CT molecular complexity index is 1360. The molecule has 0 spiro atoms. The molecule has 0 heterocycles. The van der Waals surface area contributed by atoms with E-state index in [2.05, 4.69) is 15.9 Å². The molecule has 0 nitrogen and oxygen atoms in total. The standard InChI is InChI=1S/C22H8BrF9/c23-13-4-10-2-1-9-3-11(12-6-16(24)20(26)17(25)7-12)5-14(21(27,28)29)18(9)19(10)15(8-13)22(30,31)32/h1-8H. The Morgan fingerprint density at radius 2 is 1.00 bits per heavy atom. The number of alkyl halides is 6. The summed E-state index contributed by atoms with van der Waals surface area (Å²) in [7, 11) is 0. The molecular formula is C22H8BrF9. The summed E-state index contributed by atoms with van der Waals surface area (Å²) < 4.78 is 124. The van der Waals surface area contributed by atoms with Gasteiger partial charge in [0.2, 0.25) is 0 Å². The first-order valence-corrected chi connectivity index (χ1v) is 9.56. The first-order valence-electron chi connectivity index (χ1n) is 8.76. The molecule has 0 amide bonds. The van der Waals surface area contributed by atoms with Crippen LogP contribution in [0.15, 0.2) is 53.0 Å². The fourth-order valence-electron chi connectivity index (χ4n) is 3.63.